The topological polar surface area (TPSA) is 77.2 Å². The number of nitrogens with two attached hydrogens (primary N) is 1. The van der Waals surface area contributed by atoms with Crippen LogP contribution in [0.1, 0.15) is 21.6 Å². The van der Waals surface area contributed by atoms with Crippen LogP contribution in [0, 0.1) is 6.92 Å². The molecule has 0 aliphatic rings. The van der Waals surface area contributed by atoms with Gasteiger partial charge in [-0.1, -0.05) is 34.1 Å². The van der Waals surface area contributed by atoms with Gasteiger partial charge in [0.2, 0.25) is 0 Å². The van der Waals surface area contributed by atoms with Crippen LogP contribution in [-0.4, -0.2) is 10.9 Å². The zero-order valence-corrected chi connectivity index (χ0v) is 15.8. The van der Waals surface area contributed by atoms with Crippen LogP contribution in [0.2, 0.25) is 0 Å². The van der Waals surface area contributed by atoms with Gasteiger partial charge in [-0.05, 0) is 55.0 Å². The Kier molecular flexibility index (Phi) is 5.53. The van der Waals surface area contributed by atoms with Crippen molar-refractivity contribution in [3.8, 4) is 11.5 Å². The standard InChI is InChI=1S/C20H18BrN3O2/c1-13-5-10-18(19(22)24-13)20(25)23-12-14-6-8-16(9-7-14)26-17-4-2-3-15(21)11-17/h2-11H,12H2,1H3,(H2,22,24)(H,23,25). The van der Waals surface area contributed by atoms with Crippen molar-refractivity contribution in [2.75, 3.05) is 5.73 Å². The van der Waals surface area contributed by atoms with Crippen LogP contribution in [-0.2, 0) is 6.54 Å². The second-order valence-corrected chi connectivity index (χ2v) is 6.69. The lowest BCUT2D eigenvalue weighted by molar-refractivity contribution is 0.0951. The summed E-state index contributed by atoms with van der Waals surface area (Å²) in [6, 6.07) is 18.6. The first-order valence-corrected chi connectivity index (χ1v) is 8.84. The summed E-state index contributed by atoms with van der Waals surface area (Å²) in [7, 11) is 0. The predicted molar refractivity (Wildman–Crippen MR) is 105 cm³/mol. The fraction of sp³-hybridized carbons (Fsp3) is 0.100. The lowest BCUT2D eigenvalue weighted by Crippen LogP contribution is -2.24. The van der Waals surface area contributed by atoms with E-state index in [1.807, 2.05) is 55.5 Å². The quantitative estimate of drug-likeness (QED) is 0.649. The molecule has 0 fully saturated rings. The fourth-order valence-corrected chi connectivity index (χ4v) is 2.77. The van der Waals surface area contributed by atoms with E-state index in [4.69, 9.17) is 10.5 Å². The number of carbonyl (C=O) groups excluding carboxylic acids is 1. The van der Waals surface area contributed by atoms with Crippen molar-refractivity contribution in [1.29, 1.82) is 0 Å². The molecule has 0 bridgehead atoms. The van der Waals surface area contributed by atoms with Crippen molar-refractivity contribution in [1.82, 2.24) is 10.3 Å². The Hall–Kier alpha value is -2.86. The Labute approximate surface area is 160 Å². The van der Waals surface area contributed by atoms with Crippen LogP contribution in [0.4, 0.5) is 5.82 Å². The molecule has 3 N–H and O–H groups in total. The number of hydrogen-bond donors (Lipinski definition) is 2. The first kappa shape index (κ1) is 17.9. The Balaban J connectivity index is 1.60. The van der Waals surface area contributed by atoms with Crippen LogP contribution in [0.25, 0.3) is 0 Å². The molecular weight excluding hydrogens is 394 g/mol. The van der Waals surface area contributed by atoms with Crippen LogP contribution in [0.15, 0.2) is 65.1 Å². The van der Waals surface area contributed by atoms with E-state index in [1.165, 1.54) is 0 Å². The number of anilines is 1. The number of aromatic nitrogens is 1. The summed E-state index contributed by atoms with van der Waals surface area (Å²) in [5.41, 5.74) is 7.92. The molecule has 1 aromatic heterocycles. The number of nitrogens with one attached hydrogen (secondary N) is 1. The number of amides is 1. The van der Waals surface area contributed by atoms with Crippen LogP contribution >= 0.6 is 15.9 Å². The van der Waals surface area contributed by atoms with Gasteiger partial charge in [0.25, 0.3) is 5.91 Å². The first-order valence-electron chi connectivity index (χ1n) is 8.05. The highest BCUT2D eigenvalue weighted by atomic mass is 79.9. The van der Waals surface area contributed by atoms with Gasteiger partial charge in [-0.2, -0.15) is 0 Å². The molecule has 3 rings (SSSR count). The van der Waals surface area contributed by atoms with Gasteiger partial charge in [-0.15, -0.1) is 0 Å². The maximum absolute atomic E-state index is 12.2. The third kappa shape index (κ3) is 4.61. The van der Waals surface area contributed by atoms with Gasteiger partial charge >= 0.3 is 0 Å². The number of rotatable bonds is 5. The molecule has 5 nitrogen and oxygen atoms in total. The molecule has 0 aliphatic heterocycles. The van der Waals surface area contributed by atoms with E-state index in [9.17, 15) is 4.79 Å². The van der Waals surface area contributed by atoms with Crippen LogP contribution < -0.4 is 15.8 Å². The number of benzene rings is 2. The van der Waals surface area contributed by atoms with E-state index in [1.54, 1.807) is 12.1 Å². The molecule has 0 atom stereocenters. The highest BCUT2D eigenvalue weighted by Crippen LogP contribution is 2.24. The second-order valence-electron chi connectivity index (χ2n) is 5.77. The largest absolute Gasteiger partial charge is 0.457 e. The summed E-state index contributed by atoms with van der Waals surface area (Å²) < 4.78 is 6.75. The molecule has 1 amide bonds. The Morgan fingerprint density at radius 1 is 1.12 bits per heavy atom. The molecule has 1 heterocycles. The molecular formula is C20H18BrN3O2. The molecule has 0 unspecified atom stereocenters. The lowest BCUT2D eigenvalue weighted by Gasteiger charge is -2.09. The van der Waals surface area contributed by atoms with Gasteiger partial charge in [0.1, 0.15) is 17.3 Å². The van der Waals surface area contributed by atoms with E-state index in [0.717, 1.165) is 27.2 Å². The summed E-state index contributed by atoms with van der Waals surface area (Å²) in [6.07, 6.45) is 0. The minimum absolute atomic E-state index is 0.236. The Bertz CT molecular complexity index is 927. The average Bonchev–Trinajstić information content (AvgIpc) is 2.61. The first-order chi connectivity index (χ1) is 12.5. The van der Waals surface area contributed by atoms with E-state index in [2.05, 4.69) is 26.2 Å². The van der Waals surface area contributed by atoms with Gasteiger partial charge in [0.15, 0.2) is 0 Å². The minimum atomic E-state index is -0.246. The normalized spacial score (nSPS) is 10.4. The number of carbonyl (C=O) groups is 1. The third-order valence-electron chi connectivity index (χ3n) is 3.72. The summed E-state index contributed by atoms with van der Waals surface area (Å²) in [5.74, 6) is 1.47. The van der Waals surface area contributed by atoms with Gasteiger partial charge in [0, 0.05) is 16.7 Å². The van der Waals surface area contributed by atoms with Gasteiger partial charge in [-0.25, -0.2) is 4.98 Å². The van der Waals surface area contributed by atoms with Crippen molar-refractivity contribution in [2.45, 2.75) is 13.5 Å². The van der Waals surface area contributed by atoms with Crippen LogP contribution in [0.5, 0.6) is 11.5 Å². The van der Waals surface area contributed by atoms with Crippen molar-refractivity contribution < 1.29 is 9.53 Å². The zero-order chi connectivity index (χ0) is 18.5. The highest BCUT2D eigenvalue weighted by Gasteiger charge is 2.10. The van der Waals surface area contributed by atoms with E-state index < -0.39 is 0 Å². The SMILES string of the molecule is Cc1ccc(C(=O)NCc2ccc(Oc3cccc(Br)c3)cc2)c(N)n1. The molecule has 132 valence electrons. The second kappa shape index (κ2) is 8.01. The predicted octanol–water partition coefficient (Wildman–Crippen LogP) is 4.46. The number of nitrogens with zero attached hydrogens (tertiary/aromatic N) is 1. The van der Waals surface area contributed by atoms with Crippen molar-refractivity contribution >= 4 is 27.7 Å². The summed E-state index contributed by atoms with van der Waals surface area (Å²) in [5, 5.41) is 2.85. The maximum Gasteiger partial charge on any atom is 0.255 e. The van der Waals surface area contributed by atoms with E-state index in [0.29, 0.717) is 12.1 Å². The molecule has 0 spiro atoms. The summed E-state index contributed by atoms with van der Waals surface area (Å²) >= 11 is 3.42. The molecule has 2 aromatic carbocycles. The van der Waals surface area contributed by atoms with Crippen molar-refractivity contribution in [3.05, 3.63) is 82.0 Å². The van der Waals surface area contributed by atoms with Gasteiger partial charge < -0.3 is 15.8 Å². The summed E-state index contributed by atoms with van der Waals surface area (Å²) in [4.78, 5) is 16.3. The molecule has 0 aliphatic carbocycles. The monoisotopic (exact) mass is 411 g/mol. The minimum Gasteiger partial charge on any atom is -0.457 e. The maximum atomic E-state index is 12.2. The van der Waals surface area contributed by atoms with Crippen molar-refractivity contribution in [2.24, 2.45) is 0 Å². The van der Waals surface area contributed by atoms with E-state index >= 15 is 0 Å². The molecule has 0 saturated heterocycles. The fourth-order valence-electron chi connectivity index (χ4n) is 2.39. The van der Waals surface area contributed by atoms with Gasteiger partial charge in [0.05, 0.1) is 5.56 Å². The highest BCUT2D eigenvalue weighted by molar-refractivity contribution is 9.10. The molecule has 26 heavy (non-hydrogen) atoms. The molecule has 0 radical (unpaired) electrons. The number of pyridine rings is 1. The zero-order valence-electron chi connectivity index (χ0n) is 14.2. The Morgan fingerprint density at radius 2 is 1.88 bits per heavy atom. The van der Waals surface area contributed by atoms with Crippen LogP contribution in [0.3, 0.4) is 0 Å². The molecule has 0 saturated carbocycles. The molecule has 3 aromatic rings. The number of aryl methyl sites for hydroxylation is 1. The number of nitrogen functional groups attached to an aromatic ring is 1. The average molecular weight is 412 g/mol. The summed E-state index contributed by atoms with van der Waals surface area (Å²) in [6.45, 7) is 2.22. The van der Waals surface area contributed by atoms with Crippen molar-refractivity contribution in [3.63, 3.8) is 0 Å². The number of halogens is 1. The lowest BCUT2D eigenvalue weighted by atomic mass is 10.2. The third-order valence-corrected chi connectivity index (χ3v) is 4.21. The number of hydrogen-bond acceptors (Lipinski definition) is 4. The van der Waals surface area contributed by atoms with Gasteiger partial charge in [-0.3, -0.25) is 4.79 Å². The number of ether oxygens (including phenoxy) is 1. The molecule has 6 heteroatoms. The Morgan fingerprint density at radius 3 is 2.58 bits per heavy atom. The van der Waals surface area contributed by atoms with E-state index in [-0.39, 0.29) is 11.7 Å². The smallest absolute Gasteiger partial charge is 0.255 e.